The molecule has 1 aromatic carbocycles. The molecule has 0 unspecified atom stereocenters. The molecule has 3 nitrogen and oxygen atoms in total. The van der Waals surface area contributed by atoms with Crippen molar-refractivity contribution in [2.45, 2.75) is 32.7 Å². The molecule has 20 heavy (non-hydrogen) atoms. The smallest absolute Gasteiger partial charge is 0.252 e. The number of piperidine rings is 1. The van der Waals surface area contributed by atoms with Crippen LogP contribution in [0.3, 0.4) is 0 Å². The summed E-state index contributed by atoms with van der Waals surface area (Å²) in [5, 5.41) is 3.53. The van der Waals surface area contributed by atoms with Crippen LogP contribution in [0.1, 0.15) is 37.0 Å². The molecule has 1 N–H and O–H groups in total. The average molecular weight is 295 g/mol. The molecule has 0 saturated carbocycles. The molecule has 0 aromatic heterocycles. The van der Waals surface area contributed by atoms with Crippen LogP contribution in [0.25, 0.3) is 0 Å². The third-order valence-electron chi connectivity index (χ3n) is 4.05. The lowest BCUT2D eigenvalue weighted by Gasteiger charge is -2.34. The first-order valence-corrected chi connectivity index (χ1v) is 7.72. The van der Waals surface area contributed by atoms with Gasteiger partial charge in [-0.05, 0) is 57.8 Å². The number of rotatable bonds is 4. The number of likely N-dealkylation sites (tertiary alicyclic amines) is 1. The first kappa shape index (κ1) is 15.3. The van der Waals surface area contributed by atoms with Crippen molar-refractivity contribution in [2.75, 3.05) is 19.6 Å². The van der Waals surface area contributed by atoms with Gasteiger partial charge in [-0.3, -0.25) is 4.79 Å². The highest BCUT2D eigenvalue weighted by Gasteiger charge is 2.21. The molecule has 0 spiro atoms. The first-order chi connectivity index (χ1) is 9.58. The minimum atomic E-state index is -0.0677. The van der Waals surface area contributed by atoms with E-state index in [0.29, 0.717) is 22.5 Å². The second kappa shape index (κ2) is 7.09. The zero-order valence-electron chi connectivity index (χ0n) is 12.2. The van der Waals surface area contributed by atoms with Crippen LogP contribution in [0.5, 0.6) is 0 Å². The Morgan fingerprint density at radius 1 is 1.35 bits per heavy atom. The summed E-state index contributed by atoms with van der Waals surface area (Å²) in [6.45, 7) is 7.48. The molecule has 1 heterocycles. The maximum atomic E-state index is 12.1. The number of benzene rings is 1. The number of nitrogens with zero attached hydrogens (tertiary/aromatic N) is 1. The van der Waals surface area contributed by atoms with Gasteiger partial charge in [0.2, 0.25) is 0 Å². The van der Waals surface area contributed by atoms with Gasteiger partial charge < -0.3 is 10.2 Å². The van der Waals surface area contributed by atoms with Crippen LogP contribution in [-0.4, -0.2) is 36.5 Å². The Labute approximate surface area is 126 Å². The average Bonchev–Trinajstić information content (AvgIpc) is 2.45. The van der Waals surface area contributed by atoms with Crippen LogP contribution < -0.4 is 5.32 Å². The second-order valence-electron chi connectivity index (χ2n) is 5.76. The molecule has 0 radical (unpaired) electrons. The summed E-state index contributed by atoms with van der Waals surface area (Å²) in [4.78, 5) is 14.6. The molecule has 1 fully saturated rings. The normalized spacial score (nSPS) is 17.4. The number of carbonyl (C=O) groups excluding carboxylic acids is 1. The predicted octanol–water partition coefficient (Wildman–Crippen LogP) is 3.19. The monoisotopic (exact) mass is 294 g/mol. The maximum Gasteiger partial charge on any atom is 0.252 e. The predicted molar refractivity (Wildman–Crippen MR) is 83.2 cm³/mol. The van der Waals surface area contributed by atoms with Crippen molar-refractivity contribution in [1.29, 1.82) is 0 Å². The van der Waals surface area contributed by atoms with Gasteiger partial charge in [0.05, 0.1) is 10.6 Å². The van der Waals surface area contributed by atoms with Crippen LogP contribution in [-0.2, 0) is 0 Å². The van der Waals surface area contributed by atoms with Crippen LogP contribution >= 0.6 is 11.6 Å². The molecule has 1 aliphatic heterocycles. The highest BCUT2D eigenvalue weighted by molar-refractivity contribution is 6.33. The van der Waals surface area contributed by atoms with E-state index in [1.54, 1.807) is 12.1 Å². The number of nitrogens with one attached hydrogen (secondary N) is 1. The highest BCUT2D eigenvalue weighted by atomic mass is 35.5. The lowest BCUT2D eigenvalue weighted by atomic mass is 9.96. The van der Waals surface area contributed by atoms with Crippen LogP contribution in [0.2, 0.25) is 5.02 Å². The summed E-state index contributed by atoms with van der Waals surface area (Å²) in [5.41, 5.74) is 0.564. The van der Waals surface area contributed by atoms with E-state index >= 15 is 0 Å². The summed E-state index contributed by atoms with van der Waals surface area (Å²) in [7, 11) is 0. The summed E-state index contributed by atoms with van der Waals surface area (Å²) in [6, 6.07) is 7.80. The summed E-state index contributed by atoms with van der Waals surface area (Å²) in [6.07, 6.45) is 2.31. The largest absolute Gasteiger partial charge is 0.352 e. The second-order valence-corrected chi connectivity index (χ2v) is 6.17. The Kier molecular flexibility index (Phi) is 5.44. The number of hydrogen-bond donors (Lipinski definition) is 1. The van der Waals surface area contributed by atoms with Crippen molar-refractivity contribution in [3.8, 4) is 0 Å². The Balaban J connectivity index is 1.79. The fourth-order valence-electron chi connectivity index (χ4n) is 2.65. The van der Waals surface area contributed by atoms with Crippen LogP contribution in [0, 0.1) is 5.92 Å². The lowest BCUT2D eigenvalue weighted by molar-refractivity contribution is 0.0930. The molecule has 0 atom stereocenters. The SMILES string of the molecule is CC(C)N1CCC(CNC(=O)c2ccccc2Cl)CC1. The highest BCUT2D eigenvalue weighted by Crippen LogP contribution is 2.19. The topological polar surface area (TPSA) is 32.3 Å². The molecule has 110 valence electrons. The Morgan fingerprint density at radius 2 is 2.00 bits per heavy atom. The van der Waals surface area contributed by atoms with Gasteiger partial charge >= 0.3 is 0 Å². The Morgan fingerprint density at radius 3 is 2.60 bits per heavy atom. The van der Waals surface area contributed by atoms with Gasteiger partial charge in [0.15, 0.2) is 0 Å². The minimum absolute atomic E-state index is 0.0677. The van der Waals surface area contributed by atoms with Crippen molar-refractivity contribution in [1.82, 2.24) is 10.2 Å². The van der Waals surface area contributed by atoms with Crippen molar-refractivity contribution in [3.05, 3.63) is 34.9 Å². The number of hydrogen-bond acceptors (Lipinski definition) is 2. The van der Waals surface area contributed by atoms with E-state index < -0.39 is 0 Å². The number of amides is 1. The van der Waals surface area contributed by atoms with Crippen molar-refractivity contribution in [2.24, 2.45) is 5.92 Å². The van der Waals surface area contributed by atoms with Gasteiger partial charge in [-0.25, -0.2) is 0 Å². The van der Waals surface area contributed by atoms with Crippen molar-refractivity contribution < 1.29 is 4.79 Å². The molecular weight excluding hydrogens is 272 g/mol. The minimum Gasteiger partial charge on any atom is -0.352 e. The Bertz CT molecular complexity index is 454. The molecule has 4 heteroatoms. The third-order valence-corrected chi connectivity index (χ3v) is 4.38. The van der Waals surface area contributed by atoms with E-state index in [0.717, 1.165) is 32.5 Å². The fraction of sp³-hybridized carbons (Fsp3) is 0.562. The molecular formula is C16H23ClN2O. The summed E-state index contributed by atoms with van der Waals surface area (Å²) < 4.78 is 0. The summed E-state index contributed by atoms with van der Waals surface area (Å²) >= 11 is 6.03. The van der Waals surface area contributed by atoms with E-state index in [-0.39, 0.29) is 5.91 Å². The van der Waals surface area contributed by atoms with Crippen molar-refractivity contribution in [3.63, 3.8) is 0 Å². The standard InChI is InChI=1S/C16H23ClN2O/c1-12(2)19-9-7-13(8-10-19)11-18-16(20)14-5-3-4-6-15(14)17/h3-6,12-13H,7-11H2,1-2H3,(H,18,20). The number of halogens is 1. The first-order valence-electron chi connectivity index (χ1n) is 7.34. The van der Waals surface area contributed by atoms with E-state index in [1.807, 2.05) is 12.1 Å². The van der Waals surface area contributed by atoms with Crippen LogP contribution in [0.15, 0.2) is 24.3 Å². The molecule has 1 saturated heterocycles. The van der Waals surface area contributed by atoms with Crippen molar-refractivity contribution >= 4 is 17.5 Å². The maximum absolute atomic E-state index is 12.1. The van der Waals surface area contributed by atoms with Gasteiger partial charge in [0.1, 0.15) is 0 Å². The molecule has 0 aliphatic carbocycles. The Hall–Kier alpha value is -1.06. The molecule has 2 rings (SSSR count). The molecule has 1 amide bonds. The number of carbonyl (C=O) groups is 1. The van der Waals surface area contributed by atoms with E-state index in [2.05, 4.69) is 24.1 Å². The van der Waals surface area contributed by atoms with E-state index in [1.165, 1.54) is 0 Å². The van der Waals surface area contributed by atoms with Gasteiger partial charge in [0.25, 0.3) is 5.91 Å². The molecule has 1 aromatic rings. The quantitative estimate of drug-likeness (QED) is 0.925. The van der Waals surface area contributed by atoms with Crippen LogP contribution in [0.4, 0.5) is 0 Å². The molecule has 1 aliphatic rings. The zero-order chi connectivity index (χ0) is 14.5. The van der Waals surface area contributed by atoms with E-state index in [9.17, 15) is 4.79 Å². The van der Waals surface area contributed by atoms with E-state index in [4.69, 9.17) is 11.6 Å². The van der Waals surface area contributed by atoms with Gasteiger partial charge in [0, 0.05) is 12.6 Å². The van der Waals surface area contributed by atoms with Gasteiger partial charge in [-0.2, -0.15) is 0 Å². The summed E-state index contributed by atoms with van der Waals surface area (Å²) in [5.74, 6) is 0.512. The zero-order valence-corrected chi connectivity index (χ0v) is 13.0. The molecule has 0 bridgehead atoms. The van der Waals surface area contributed by atoms with Gasteiger partial charge in [-0.15, -0.1) is 0 Å². The van der Waals surface area contributed by atoms with Gasteiger partial charge in [-0.1, -0.05) is 23.7 Å². The lowest BCUT2D eigenvalue weighted by Crippen LogP contribution is -2.41. The third kappa shape index (κ3) is 3.97. The fourth-order valence-corrected chi connectivity index (χ4v) is 2.87.